The molecule has 1 aromatic heterocycles. The fourth-order valence-corrected chi connectivity index (χ4v) is 1.72. The summed E-state index contributed by atoms with van der Waals surface area (Å²) in [5, 5.41) is 4.06. The van der Waals surface area contributed by atoms with Crippen molar-refractivity contribution in [2.24, 2.45) is 5.73 Å². The van der Waals surface area contributed by atoms with Crippen LogP contribution in [0, 0.1) is 0 Å². The Morgan fingerprint density at radius 2 is 2.06 bits per heavy atom. The molecule has 2 N–H and O–H groups in total. The molecule has 0 aromatic carbocycles. The summed E-state index contributed by atoms with van der Waals surface area (Å²) in [7, 11) is 0. The summed E-state index contributed by atoms with van der Waals surface area (Å²) >= 11 is 0. The largest absolute Gasteiger partial charge is 0.381 e. The van der Waals surface area contributed by atoms with E-state index in [9.17, 15) is 0 Å². The molecule has 5 nitrogen and oxygen atoms in total. The highest BCUT2D eigenvalue weighted by atomic mass is 16.5. The Hall–Kier alpha value is -0.940. The number of hydrogen-bond donors (Lipinski definition) is 1. The fraction of sp³-hybridized carbons (Fsp3) is 0.818. The number of nitrogens with two attached hydrogens (primary N) is 1. The Morgan fingerprint density at radius 3 is 2.69 bits per heavy atom. The summed E-state index contributed by atoms with van der Waals surface area (Å²) in [5.41, 5.74) is 5.44. The summed E-state index contributed by atoms with van der Waals surface area (Å²) in [5.74, 6) is 1.82. The maximum atomic E-state index is 5.68. The molecule has 0 aliphatic carbocycles. The van der Waals surface area contributed by atoms with Gasteiger partial charge in [0.05, 0.1) is 5.41 Å². The van der Waals surface area contributed by atoms with Gasteiger partial charge < -0.3 is 15.0 Å². The molecule has 1 aliphatic heterocycles. The van der Waals surface area contributed by atoms with Crippen molar-refractivity contribution in [3.05, 3.63) is 11.7 Å². The molecule has 5 heteroatoms. The fourth-order valence-electron chi connectivity index (χ4n) is 1.72. The second kappa shape index (κ2) is 4.51. The van der Waals surface area contributed by atoms with E-state index in [2.05, 4.69) is 10.1 Å². The molecule has 1 aromatic rings. The molecular weight excluding hydrogens is 206 g/mol. The topological polar surface area (TPSA) is 74.2 Å². The van der Waals surface area contributed by atoms with Crippen molar-refractivity contribution in [2.75, 3.05) is 19.8 Å². The highest BCUT2D eigenvalue weighted by Gasteiger charge is 2.28. The maximum Gasteiger partial charge on any atom is 0.233 e. The summed E-state index contributed by atoms with van der Waals surface area (Å²) in [6.07, 6.45) is 1.95. The van der Waals surface area contributed by atoms with Crippen LogP contribution in [0.3, 0.4) is 0 Å². The number of hydrogen-bond acceptors (Lipinski definition) is 5. The highest BCUT2D eigenvalue weighted by Crippen LogP contribution is 2.27. The van der Waals surface area contributed by atoms with Gasteiger partial charge >= 0.3 is 0 Å². The van der Waals surface area contributed by atoms with E-state index in [1.54, 1.807) is 0 Å². The number of ether oxygens (including phenoxy) is 1. The number of rotatable bonds is 3. The van der Waals surface area contributed by atoms with Crippen LogP contribution in [-0.2, 0) is 10.2 Å². The molecule has 90 valence electrons. The molecular formula is C11H19N3O2. The molecule has 2 heterocycles. The first-order chi connectivity index (χ1) is 7.63. The molecule has 0 atom stereocenters. The molecule has 0 bridgehead atoms. The SMILES string of the molecule is CC(C)(CN)c1nc(C2CCOCC2)no1. The van der Waals surface area contributed by atoms with Gasteiger partial charge in [-0.2, -0.15) is 4.98 Å². The van der Waals surface area contributed by atoms with E-state index in [-0.39, 0.29) is 5.41 Å². The molecule has 2 rings (SSSR count). The Balaban J connectivity index is 2.12. The van der Waals surface area contributed by atoms with Crippen LogP contribution in [0.5, 0.6) is 0 Å². The Morgan fingerprint density at radius 1 is 1.38 bits per heavy atom. The van der Waals surface area contributed by atoms with Crippen LogP contribution in [0.15, 0.2) is 4.52 Å². The minimum Gasteiger partial charge on any atom is -0.381 e. The van der Waals surface area contributed by atoms with Crippen LogP contribution in [0.25, 0.3) is 0 Å². The van der Waals surface area contributed by atoms with Crippen molar-refractivity contribution in [1.29, 1.82) is 0 Å². The lowest BCUT2D eigenvalue weighted by molar-refractivity contribution is 0.0830. The molecule has 0 radical (unpaired) electrons. The van der Waals surface area contributed by atoms with Crippen molar-refractivity contribution < 1.29 is 9.26 Å². The van der Waals surface area contributed by atoms with E-state index in [1.165, 1.54) is 0 Å². The molecule has 0 unspecified atom stereocenters. The van der Waals surface area contributed by atoms with Gasteiger partial charge in [-0.05, 0) is 26.7 Å². The van der Waals surface area contributed by atoms with Gasteiger partial charge in [0.15, 0.2) is 5.82 Å². The maximum absolute atomic E-state index is 5.68. The van der Waals surface area contributed by atoms with Gasteiger partial charge in [0.25, 0.3) is 0 Å². The molecule has 0 amide bonds. The Bertz CT molecular complexity index is 343. The van der Waals surface area contributed by atoms with Crippen molar-refractivity contribution in [2.45, 2.75) is 38.0 Å². The van der Waals surface area contributed by atoms with Crippen LogP contribution in [0.2, 0.25) is 0 Å². The third kappa shape index (κ3) is 2.25. The van der Waals surface area contributed by atoms with Gasteiger partial charge in [0.1, 0.15) is 0 Å². The van der Waals surface area contributed by atoms with Gasteiger partial charge in [0.2, 0.25) is 5.89 Å². The average Bonchev–Trinajstić information content (AvgIpc) is 2.80. The van der Waals surface area contributed by atoms with Crippen molar-refractivity contribution in [3.8, 4) is 0 Å². The minimum atomic E-state index is -0.240. The third-order valence-corrected chi connectivity index (χ3v) is 3.12. The minimum absolute atomic E-state index is 0.240. The van der Waals surface area contributed by atoms with E-state index < -0.39 is 0 Å². The molecule has 1 aliphatic rings. The van der Waals surface area contributed by atoms with E-state index in [4.69, 9.17) is 15.0 Å². The van der Waals surface area contributed by atoms with Gasteiger partial charge in [-0.15, -0.1) is 0 Å². The zero-order chi connectivity index (χ0) is 11.6. The zero-order valence-corrected chi connectivity index (χ0v) is 9.90. The molecule has 1 saturated heterocycles. The third-order valence-electron chi connectivity index (χ3n) is 3.12. The predicted molar refractivity (Wildman–Crippen MR) is 59.2 cm³/mol. The number of nitrogens with zero attached hydrogens (tertiary/aromatic N) is 2. The first-order valence-electron chi connectivity index (χ1n) is 5.75. The Kier molecular flexibility index (Phi) is 3.25. The lowest BCUT2D eigenvalue weighted by atomic mass is 9.93. The summed E-state index contributed by atoms with van der Waals surface area (Å²) in [4.78, 5) is 4.46. The summed E-state index contributed by atoms with van der Waals surface area (Å²) < 4.78 is 10.6. The number of aromatic nitrogens is 2. The first kappa shape index (κ1) is 11.5. The van der Waals surface area contributed by atoms with Crippen LogP contribution < -0.4 is 5.73 Å². The average molecular weight is 225 g/mol. The van der Waals surface area contributed by atoms with E-state index in [0.717, 1.165) is 31.9 Å². The lowest BCUT2D eigenvalue weighted by Gasteiger charge is -2.19. The highest BCUT2D eigenvalue weighted by molar-refractivity contribution is 5.04. The summed E-state index contributed by atoms with van der Waals surface area (Å²) in [6.45, 7) is 6.09. The van der Waals surface area contributed by atoms with Gasteiger partial charge in [-0.3, -0.25) is 0 Å². The molecule has 0 spiro atoms. The normalized spacial score (nSPS) is 18.9. The van der Waals surface area contributed by atoms with Gasteiger partial charge in [0, 0.05) is 25.7 Å². The van der Waals surface area contributed by atoms with Gasteiger partial charge in [-0.25, -0.2) is 0 Å². The van der Waals surface area contributed by atoms with Crippen LogP contribution >= 0.6 is 0 Å². The van der Waals surface area contributed by atoms with Crippen LogP contribution in [0.1, 0.15) is 44.3 Å². The van der Waals surface area contributed by atoms with E-state index in [0.29, 0.717) is 18.4 Å². The van der Waals surface area contributed by atoms with Crippen molar-refractivity contribution in [1.82, 2.24) is 10.1 Å². The Labute approximate surface area is 95.3 Å². The quantitative estimate of drug-likeness (QED) is 0.836. The molecule has 0 saturated carbocycles. The smallest absolute Gasteiger partial charge is 0.233 e. The second-order valence-corrected chi connectivity index (χ2v) is 4.93. The second-order valence-electron chi connectivity index (χ2n) is 4.93. The van der Waals surface area contributed by atoms with Crippen LogP contribution in [-0.4, -0.2) is 29.9 Å². The predicted octanol–water partition coefficient (Wildman–Crippen LogP) is 1.20. The summed E-state index contributed by atoms with van der Waals surface area (Å²) in [6, 6.07) is 0. The molecule has 1 fully saturated rings. The standard InChI is InChI=1S/C11H19N3O2/c1-11(2,7-12)10-13-9(14-16-10)8-3-5-15-6-4-8/h8H,3-7,12H2,1-2H3. The van der Waals surface area contributed by atoms with Gasteiger partial charge in [-0.1, -0.05) is 5.16 Å². The first-order valence-corrected chi connectivity index (χ1v) is 5.75. The monoisotopic (exact) mass is 225 g/mol. The molecule has 16 heavy (non-hydrogen) atoms. The lowest BCUT2D eigenvalue weighted by Crippen LogP contribution is -2.28. The van der Waals surface area contributed by atoms with Crippen molar-refractivity contribution in [3.63, 3.8) is 0 Å². The van der Waals surface area contributed by atoms with E-state index >= 15 is 0 Å². The van der Waals surface area contributed by atoms with Crippen LogP contribution in [0.4, 0.5) is 0 Å². The van der Waals surface area contributed by atoms with E-state index in [1.807, 2.05) is 13.8 Å². The van der Waals surface area contributed by atoms with Crippen molar-refractivity contribution >= 4 is 0 Å². The zero-order valence-electron chi connectivity index (χ0n) is 9.90.